The monoisotopic (exact) mass is 308 g/mol. The third-order valence-corrected chi connectivity index (χ3v) is 3.49. The van der Waals surface area contributed by atoms with Crippen molar-refractivity contribution in [1.29, 1.82) is 0 Å². The number of rotatable bonds is 5. The van der Waals surface area contributed by atoms with Crippen molar-refractivity contribution in [3.8, 4) is 0 Å². The highest BCUT2D eigenvalue weighted by Gasteiger charge is 2.05. The first-order valence-corrected chi connectivity index (χ1v) is 7.31. The van der Waals surface area contributed by atoms with E-state index in [-0.39, 0.29) is 5.82 Å². The summed E-state index contributed by atoms with van der Waals surface area (Å²) in [4.78, 5) is 0. The summed E-state index contributed by atoms with van der Waals surface area (Å²) < 4.78 is 24.4. The zero-order chi connectivity index (χ0) is 12.1. The Morgan fingerprint density at radius 2 is 2.25 bits per heavy atom. The molecule has 0 saturated carbocycles. The van der Waals surface area contributed by atoms with Crippen molar-refractivity contribution in [2.24, 2.45) is 0 Å². The van der Waals surface area contributed by atoms with Crippen LogP contribution < -0.4 is 11.1 Å². The fourth-order valence-corrected chi connectivity index (χ4v) is 2.13. The Morgan fingerprint density at radius 3 is 2.88 bits per heavy atom. The molecule has 1 atom stereocenters. The molecule has 1 aromatic rings. The van der Waals surface area contributed by atoms with Crippen LogP contribution in [0.3, 0.4) is 0 Å². The first-order chi connectivity index (χ1) is 7.50. The molecule has 0 aliphatic carbocycles. The van der Waals surface area contributed by atoms with E-state index in [1.54, 1.807) is 6.26 Å². The molecular weight excluding hydrogens is 295 g/mol. The van der Waals surface area contributed by atoms with Crippen molar-refractivity contribution in [1.82, 2.24) is 0 Å². The van der Waals surface area contributed by atoms with Gasteiger partial charge in [0.05, 0.1) is 15.8 Å². The van der Waals surface area contributed by atoms with Crippen LogP contribution in [0.4, 0.5) is 15.8 Å². The summed E-state index contributed by atoms with van der Waals surface area (Å²) in [6.45, 7) is 0.630. The molecule has 0 spiro atoms. The van der Waals surface area contributed by atoms with Gasteiger partial charge in [-0.2, -0.15) is 0 Å². The van der Waals surface area contributed by atoms with Gasteiger partial charge in [0, 0.05) is 35.4 Å². The summed E-state index contributed by atoms with van der Waals surface area (Å²) in [5, 5.41) is 3.02. The maximum Gasteiger partial charge on any atom is 0.139 e. The molecule has 90 valence electrons. The van der Waals surface area contributed by atoms with Crippen molar-refractivity contribution in [2.45, 2.75) is 6.42 Å². The number of hydrogen-bond acceptors (Lipinski definition) is 3. The summed E-state index contributed by atoms with van der Waals surface area (Å²) in [6.07, 6.45) is 2.42. The number of nitrogen functional groups attached to an aromatic ring is 1. The number of benzene rings is 1. The van der Waals surface area contributed by atoms with Crippen LogP contribution in [-0.2, 0) is 10.8 Å². The van der Waals surface area contributed by atoms with Gasteiger partial charge in [0.2, 0.25) is 0 Å². The molecule has 0 aliphatic rings. The van der Waals surface area contributed by atoms with E-state index in [0.29, 0.717) is 28.1 Å². The molecule has 0 aliphatic heterocycles. The van der Waals surface area contributed by atoms with Gasteiger partial charge in [-0.3, -0.25) is 4.21 Å². The van der Waals surface area contributed by atoms with Gasteiger partial charge < -0.3 is 11.1 Å². The molecule has 0 heterocycles. The Balaban J connectivity index is 2.54. The minimum absolute atomic E-state index is 0.351. The minimum atomic E-state index is -0.790. The summed E-state index contributed by atoms with van der Waals surface area (Å²) in [5.41, 5.74) is 6.78. The van der Waals surface area contributed by atoms with Crippen LogP contribution in [0.15, 0.2) is 16.6 Å². The van der Waals surface area contributed by atoms with E-state index in [2.05, 4.69) is 21.2 Å². The van der Waals surface area contributed by atoms with Crippen molar-refractivity contribution in [2.75, 3.05) is 29.6 Å². The molecule has 0 amide bonds. The molecule has 0 aromatic heterocycles. The molecule has 16 heavy (non-hydrogen) atoms. The molecule has 0 bridgehead atoms. The Bertz CT molecular complexity index is 401. The summed E-state index contributed by atoms with van der Waals surface area (Å²) >= 11 is 3.06. The van der Waals surface area contributed by atoms with Crippen molar-refractivity contribution in [3.63, 3.8) is 0 Å². The lowest BCUT2D eigenvalue weighted by atomic mass is 10.2. The van der Waals surface area contributed by atoms with E-state index in [1.807, 2.05) is 0 Å². The SMILES string of the molecule is CS(=O)CCCNc1cc(F)c(Br)cc1N. The molecule has 0 saturated heterocycles. The minimum Gasteiger partial charge on any atom is -0.397 e. The first kappa shape index (κ1) is 13.4. The summed E-state index contributed by atoms with van der Waals surface area (Å²) in [7, 11) is -0.790. The normalized spacial score (nSPS) is 12.4. The van der Waals surface area contributed by atoms with Crippen molar-refractivity contribution < 1.29 is 8.60 Å². The maximum absolute atomic E-state index is 13.2. The van der Waals surface area contributed by atoms with Gasteiger partial charge in [-0.15, -0.1) is 0 Å². The van der Waals surface area contributed by atoms with Gasteiger partial charge in [-0.25, -0.2) is 4.39 Å². The summed E-state index contributed by atoms with van der Waals surface area (Å²) in [6, 6.07) is 2.87. The van der Waals surface area contributed by atoms with Crippen LogP contribution in [-0.4, -0.2) is 22.8 Å². The number of hydrogen-bond donors (Lipinski definition) is 2. The van der Waals surface area contributed by atoms with Gasteiger partial charge in [0.15, 0.2) is 0 Å². The fourth-order valence-electron chi connectivity index (χ4n) is 1.21. The van der Waals surface area contributed by atoms with Crippen LogP contribution in [0.1, 0.15) is 6.42 Å². The third-order valence-electron chi connectivity index (χ3n) is 2.02. The smallest absolute Gasteiger partial charge is 0.139 e. The van der Waals surface area contributed by atoms with Crippen LogP contribution in [0.2, 0.25) is 0 Å². The molecule has 1 rings (SSSR count). The highest BCUT2D eigenvalue weighted by Crippen LogP contribution is 2.26. The number of nitrogens with two attached hydrogens (primary N) is 1. The van der Waals surface area contributed by atoms with Crippen molar-refractivity contribution in [3.05, 3.63) is 22.4 Å². The van der Waals surface area contributed by atoms with Gasteiger partial charge in [-0.1, -0.05) is 0 Å². The van der Waals surface area contributed by atoms with Crippen molar-refractivity contribution >= 4 is 38.1 Å². The molecule has 3 nitrogen and oxygen atoms in total. The average molecular weight is 309 g/mol. The standard InChI is InChI=1S/C10H14BrFN2OS/c1-16(15)4-2-3-14-10-6-8(12)7(11)5-9(10)13/h5-6,14H,2-4,13H2,1H3. The zero-order valence-corrected chi connectivity index (χ0v) is 11.3. The zero-order valence-electron chi connectivity index (χ0n) is 8.93. The van der Waals surface area contributed by atoms with Crippen LogP contribution in [0.5, 0.6) is 0 Å². The second kappa shape index (κ2) is 6.20. The molecule has 1 unspecified atom stereocenters. The summed E-state index contributed by atoms with van der Waals surface area (Å²) in [5.74, 6) is 0.280. The lowest BCUT2D eigenvalue weighted by Gasteiger charge is -2.09. The van der Waals surface area contributed by atoms with Crippen LogP contribution in [0.25, 0.3) is 0 Å². The number of nitrogens with one attached hydrogen (secondary N) is 1. The van der Waals surface area contributed by atoms with E-state index >= 15 is 0 Å². The van der Waals surface area contributed by atoms with Gasteiger partial charge in [0.1, 0.15) is 5.82 Å². The Labute approximate surface area is 105 Å². The Hall–Kier alpha value is -0.620. The van der Waals surface area contributed by atoms with E-state index in [4.69, 9.17) is 5.73 Å². The third kappa shape index (κ3) is 4.09. The van der Waals surface area contributed by atoms with Gasteiger partial charge >= 0.3 is 0 Å². The number of anilines is 2. The molecular formula is C10H14BrFN2OS. The molecule has 3 N–H and O–H groups in total. The van der Waals surface area contributed by atoms with E-state index in [1.165, 1.54) is 12.1 Å². The predicted molar refractivity (Wildman–Crippen MR) is 70.6 cm³/mol. The molecule has 1 aromatic carbocycles. The fraction of sp³-hybridized carbons (Fsp3) is 0.400. The van der Waals surface area contributed by atoms with E-state index in [9.17, 15) is 8.60 Å². The topological polar surface area (TPSA) is 55.1 Å². The van der Waals surface area contributed by atoms with E-state index < -0.39 is 10.8 Å². The highest BCUT2D eigenvalue weighted by molar-refractivity contribution is 9.10. The van der Waals surface area contributed by atoms with Crippen LogP contribution >= 0.6 is 15.9 Å². The first-order valence-electron chi connectivity index (χ1n) is 4.79. The Morgan fingerprint density at radius 1 is 1.56 bits per heavy atom. The van der Waals surface area contributed by atoms with Crippen LogP contribution in [0, 0.1) is 5.82 Å². The van der Waals surface area contributed by atoms with Gasteiger partial charge in [0.25, 0.3) is 0 Å². The van der Waals surface area contributed by atoms with E-state index in [0.717, 1.165) is 6.42 Å². The average Bonchev–Trinajstić information content (AvgIpc) is 2.19. The lowest BCUT2D eigenvalue weighted by molar-refractivity contribution is 0.621. The quantitative estimate of drug-likeness (QED) is 0.648. The predicted octanol–water partition coefficient (Wildman–Crippen LogP) is 2.35. The van der Waals surface area contributed by atoms with Gasteiger partial charge in [-0.05, 0) is 28.4 Å². The second-order valence-electron chi connectivity index (χ2n) is 3.41. The number of halogens is 2. The molecule has 0 radical (unpaired) electrons. The highest BCUT2D eigenvalue weighted by atomic mass is 79.9. The lowest BCUT2D eigenvalue weighted by Crippen LogP contribution is -2.08. The largest absolute Gasteiger partial charge is 0.397 e. The molecule has 0 fully saturated rings. The second-order valence-corrected chi connectivity index (χ2v) is 5.82. The maximum atomic E-state index is 13.2. The Kier molecular flexibility index (Phi) is 5.21. The molecule has 6 heteroatoms.